The van der Waals surface area contributed by atoms with Crippen LogP contribution in [0, 0.1) is 5.92 Å². The van der Waals surface area contributed by atoms with Gasteiger partial charge in [-0.1, -0.05) is 36.4 Å². The van der Waals surface area contributed by atoms with E-state index in [1.165, 1.54) is 5.56 Å². The number of ether oxygens (including phenoxy) is 1. The molecule has 0 spiro atoms. The van der Waals surface area contributed by atoms with Crippen molar-refractivity contribution < 1.29 is 9.84 Å². The number of aliphatic hydroxyl groups excluding tert-OH is 1. The monoisotopic (exact) mass is 261 g/mol. The van der Waals surface area contributed by atoms with Gasteiger partial charge in [-0.05, 0) is 36.3 Å². The fraction of sp³-hybridized carbons (Fsp3) is 0.500. The van der Waals surface area contributed by atoms with Crippen LogP contribution in [0.3, 0.4) is 0 Å². The third-order valence-corrected chi connectivity index (χ3v) is 3.61. The van der Waals surface area contributed by atoms with E-state index in [0.29, 0.717) is 12.3 Å². The van der Waals surface area contributed by atoms with Crippen LogP contribution in [0.1, 0.15) is 36.4 Å². The normalized spacial score (nSPS) is 18.8. The largest absolute Gasteiger partial charge is 0.396 e. The molecular weight excluding hydrogens is 238 g/mol. The van der Waals surface area contributed by atoms with Gasteiger partial charge in [0.2, 0.25) is 0 Å². The van der Waals surface area contributed by atoms with Crippen molar-refractivity contribution in [2.45, 2.75) is 25.3 Å². The predicted molar refractivity (Wildman–Crippen MR) is 77.7 cm³/mol. The summed E-state index contributed by atoms with van der Waals surface area (Å²) in [6, 6.07) is 8.16. The molecule has 0 bridgehead atoms. The Bertz CT molecular complexity index is 411. The van der Waals surface area contributed by atoms with E-state index < -0.39 is 0 Å². The van der Waals surface area contributed by atoms with Crippen LogP contribution in [0.4, 0.5) is 0 Å². The number of hydrogen-bond donors (Lipinski definition) is 2. The van der Waals surface area contributed by atoms with Crippen molar-refractivity contribution in [1.29, 1.82) is 0 Å². The summed E-state index contributed by atoms with van der Waals surface area (Å²) >= 11 is 0. The minimum atomic E-state index is -0.0820. The lowest BCUT2D eigenvalue weighted by Gasteiger charge is -2.18. The van der Waals surface area contributed by atoms with E-state index in [-0.39, 0.29) is 12.6 Å². The van der Waals surface area contributed by atoms with Gasteiger partial charge in [0, 0.05) is 25.9 Å². The second-order valence-electron chi connectivity index (χ2n) is 5.10. The Morgan fingerprint density at radius 2 is 2.16 bits per heavy atom. The van der Waals surface area contributed by atoms with Gasteiger partial charge in [-0.2, -0.15) is 0 Å². The van der Waals surface area contributed by atoms with Crippen molar-refractivity contribution >= 4 is 6.08 Å². The Labute approximate surface area is 115 Å². The molecule has 104 valence electrons. The molecule has 0 aromatic heterocycles. The van der Waals surface area contributed by atoms with Crippen LogP contribution in [0.5, 0.6) is 0 Å². The molecule has 19 heavy (non-hydrogen) atoms. The van der Waals surface area contributed by atoms with Gasteiger partial charge in [-0.25, -0.2) is 0 Å². The Kier molecular flexibility index (Phi) is 5.58. The minimum absolute atomic E-state index is 0.0820. The van der Waals surface area contributed by atoms with Crippen LogP contribution in [0.15, 0.2) is 30.3 Å². The summed E-state index contributed by atoms with van der Waals surface area (Å²) in [4.78, 5) is 0. The van der Waals surface area contributed by atoms with Gasteiger partial charge in [-0.3, -0.25) is 0 Å². The average molecular weight is 261 g/mol. The molecule has 1 atom stereocenters. The molecule has 1 fully saturated rings. The number of aliphatic hydroxyl groups is 1. The van der Waals surface area contributed by atoms with E-state index in [9.17, 15) is 0 Å². The summed E-state index contributed by atoms with van der Waals surface area (Å²) in [6.45, 7) is 1.87. The molecule has 1 aromatic rings. The van der Waals surface area contributed by atoms with E-state index >= 15 is 0 Å². The van der Waals surface area contributed by atoms with Gasteiger partial charge in [0.05, 0.1) is 0 Å². The summed E-state index contributed by atoms with van der Waals surface area (Å²) in [5.41, 5.74) is 8.28. The van der Waals surface area contributed by atoms with Gasteiger partial charge in [0.25, 0.3) is 0 Å². The van der Waals surface area contributed by atoms with E-state index in [1.54, 1.807) is 0 Å². The van der Waals surface area contributed by atoms with E-state index in [0.717, 1.165) is 31.6 Å². The fourth-order valence-electron chi connectivity index (χ4n) is 2.35. The van der Waals surface area contributed by atoms with Crippen molar-refractivity contribution in [2.75, 3.05) is 19.8 Å². The van der Waals surface area contributed by atoms with Gasteiger partial charge < -0.3 is 15.6 Å². The Hall–Kier alpha value is -1.16. The van der Waals surface area contributed by atoms with Crippen LogP contribution in [0.25, 0.3) is 6.08 Å². The van der Waals surface area contributed by atoms with Crippen molar-refractivity contribution in [3.05, 3.63) is 41.5 Å². The van der Waals surface area contributed by atoms with E-state index in [1.807, 2.05) is 12.1 Å². The highest BCUT2D eigenvalue weighted by Gasteiger charge is 2.10. The van der Waals surface area contributed by atoms with Crippen molar-refractivity contribution in [3.8, 4) is 0 Å². The second kappa shape index (κ2) is 7.43. The highest BCUT2D eigenvalue weighted by atomic mass is 16.5. The summed E-state index contributed by atoms with van der Waals surface area (Å²) in [5, 5.41) is 8.94. The van der Waals surface area contributed by atoms with E-state index in [4.69, 9.17) is 15.6 Å². The number of rotatable bonds is 5. The molecule has 1 heterocycles. The van der Waals surface area contributed by atoms with Crippen LogP contribution in [-0.2, 0) is 4.74 Å². The molecule has 3 N–H and O–H groups in total. The first-order valence-electron chi connectivity index (χ1n) is 7.02. The molecule has 1 unspecified atom stereocenters. The zero-order valence-corrected chi connectivity index (χ0v) is 11.3. The van der Waals surface area contributed by atoms with Crippen molar-refractivity contribution in [2.24, 2.45) is 11.7 Å². The molecule has 1 saturated heterocycles. The highest BCUT2D eigenvalue weighted by molar-refractivity contribution is 5.51. The molecule has 2 rings (SSSR count). The first-order chi connectivity index (χ1) is 9.29. The third-order valence-electron chi connectivity index (χ3n) is 3.61. The number of benzene rings is 1. The van der Waals surface area contributed by atoms with Crippen molar-refractivity contribution in [1.82, 2.24) is 0 Å². The maximum atomic E-state index is 8.94. The molecule has 1 aliphatic rings. The molecule has 0 aliphatic carbocycles. The standard InChI is InChI=1S/C16H23NO2/c17-16(6-9-18)15-3-1-2-14(12-15)5-4-13-7-10-19-11-8-13/h1-5,12-13,16,18H,6-11,17H2/b5-4+. The van der Waals surface area contributed by atoms with E-state index in [2.05, 4.69) is 24.3 Å². The predicted octanol–water partition coefficient (Wildman–Crippen LogP) is 2.51. The Balaban J connectivity index is 1.99. The molecule has 0 amide bonds. The zero-order chi connectivity index (χ0) is 13.5. The molecule has 1 aliphatic heterocycles. The first-order valence-corrected chi connectivity index (χ1v) is 7.02. The smallest absolute Gasteiger partial charge is 0.0471 e. The van der Waals surface area contributed by atoms with Crippen LogP contribution in [-0.4, -0.2) is 24.9 Å². The molecule has 0 radical (unpaired) electrons. The molecule has 3 heteroatoms. The third kappa shape index (κ3) is 4.46. The number of nitrogens with two attached hydrogens (primary N) is 1. The highest BCUT2D eigenvalue weighted by Crippen LogP contribution is 2.19. The SMILES string of the molecule is NC(CCO)c1cccc(/C=C/C2CCOCC2)c1. The second-order valence-corrected chi connectivity index (χ2v) is 5.10. The minimum Gasteiger partial charge on any atom is -0.396 e. The molecule has 3 nitrogen and oxygen atoms in total. The summed E-state index contributed by atoms with van der Waals surface area (Å²) in [7, 11) is 0. The number of hydrogen-bond acceptors (Lipinski definition) is 3. The molecule has 1 aromatic carbocycles. The van der Waals surface area contributed by atoms with Crippen LogP contribution < -0.4 is 5.73 Å². The Morgan fingerprint density at radius 1 is 1.37 bits per heavy atom. The van der Waals surface area contributed by atoms with Gasteiger partial charge >= 0.3 is 0 Å². The van der Waals surface area contributed by atoms with Gasteiger partial charge in [0.1, 0.15) is 0 Å². The number of allylic oxidation sites excluding steroid dienone is 1. The summed E-state index contributed by atoms with van der Waals surface area (Å²) in [6.07, 6.45) is 7.28. The first kappa shape index (κ1) is 14.3. The van der Waals surface area contributed by atoms with Crippen molar-refractivity contribution in [3.63, 3.8) is 0 Å². The topological polar surface area (TPSA) is 55.5 Å². The van der Waals surface area contributed by atoms with Crippen LogP contribution in [0.2, 0.25) is 0 Å². The molecular formula is C16H23NO2. The lowest BCUT2D eigenvalue weighted by atomic mass is 9.97. The lowest BCUT2D eigenvalue weighted by Crippen LogP contribution is -2.13. The maximum absolute atomic E-state index is 8.94. The maximum Gasteiger partial charge on any atom is 0.0471 e. The zero-order valence-electron chi connectivity index (χ0n) is 11.3. The van der Waals surface area contributed by atoms with Gasteiger partial charge in [0.15, 0.2) is 0 Å². The fourth-order valence-corrected chi connectivity index (χ4v) is 2.35. The van der Waals surface area contributed by atoms with Crippen LogP contribution >= 0.6 is 0 Å². The lowest BCUT2D eigenvalue weighted by molar-refractivity contribution is 0.0787. The Morgan fingerprint density at radius 3 is 2.89 bits per heavy atom. The summed E-state index contributed by atoms with van der Waals surface area (Å²) in [5.74, 6) is 0.628. The average Bonchev–Trinajstić information content (AvgIpc) is 2.47. The van der Waals surface area contributed by atoms with Gasteiger partial charge in [-0.15, -0.1) is 0 Å². The quantitative estimate of drug-likeness (QED) is 0.856. The summed E-state index contributed by atoms with van der Waals surface area (Å²) < 4.78 is 5.36. The molecule has 0 saturated carbocycles.